The first-order valence-electron chi connectivity index (χ1n) is 15.6. The van der Waals surface area contributed by atoms with E-state index in [1.165, 1.54) is 10.9 Å². The second kappa shape index (κ2) is 11.9. The molecule has 0 saturated carbocycles. The molecule has 1 aromatic carbocycles. The quantitative estimate of drug-likeness (QED) is 0.243. The molecule has 2 N–H and O–H groups in total. The van der Waals surface area contributed by atoms with Crippen LogP contribution in [-0.2, 0) is 23.9 Å². The maximum Gasteiger partial charge on any atom is 0.410 e. The van der Waals surface area contributed by atoms with Crippen molar-refractivity contribution < 1.29 is 14.6 Å². The highest BCUT2D eigenvalue weighted by Crippen LogP contribution is 2.33. The molecule has 0 spiro atoms. The number of nitrogens with zero attached hydrogens (tertiary/aromatic N) is 8. The largest absolute Gasteiger partial charge is 0.444 e. The van der Waals surface area contributed by atoms with E-state index in [2.05, 4.69) is 43.5 Å². The minimum atomic E-state index is -1.18. The summed E-state index contributed by atoms with van der Waals surface area (Å²) in [6.45, 7) is 15.4. The molecule has 6 rings (SSSR count). The third kappa shape index (κ3) is 6.30. The molecular formula is C34H41N9O4. The molecule has 13 heteroatoms. The van der Waals surface area contributed by atoms with Crippen LogP contribution in [0.25, 0.3) is 27.8 Å². The van der Waals surface area contributed by atoms with Crippen LogP contribution in [0.1, 0.15) is 40.3 Å². The third-order valence-corrected chi connectivity index (χ3v) is 8.07. The lowest BCUT2D eigenvalue weighted by atomic mass is 10.1. The predicted octanol–water partition coefficient (Wildman–Crippen LogP) is 4.68. The van der Waals surface area contributed by atoms with Crippen molar-refractivity contribution in [3.05, 3.63) is 77.5 Å². The predicted molar refractivity (Wildman–Crippen MR) is 183 cm³/mol. The molecule has 0 unspecified atom stereocenters. The van der Waals surface area contributed by atoms with Crippen LogP contribution in [0, 0.1) is 0 Å². The molecule has 1 amide bonds. The van der Waals surface area contributed by atoms with E-state index < -0.39 is 11.2 Å². The zero-order valence-electron chi connectivity index (χ0n) is 27.7. The van der Waals surface area contributed by atoms with Gasteiger partial charge in [0.25, 0.3) is 5.56 Å². The summed E-state index contributed by atoms with van der Waals surface area (Å²) in [5.41, 5.74) is 1.63. The molecule has 1 aliphatic heterocycles. The van der Waals surface area contributed by atoms with Gasteiger partial charge in [0.15, 0.2) is 11.5 Å². The van der Waals surface area contributed by atoms with E-state index >= 15 is 0 Å². The molecule has 0 aliphatic carbocycles. The number of fused-ring (bicyclic) bond motifs is 2. The number of carbonyl (C=O) groups excluding carboxylic acids is 1. The van der Waals surface area contributed by atoms with E-state index in [0.717, 1.165) is 22.3 Å². The summed E-state index contributed by atoms with van der Waals surface area (Å²) in [4.78, 5) is 44.1. The summed E-state index contributed by atoms with van der Waals surface area (Å²) < 4.78 is 10.8. The number of benzene rings is 1. The number of pyridine rings is 1. The van der Waals surface area contributed by atoms with Crippen molar-refractivity contribution in [3.63, 3.8) is 0 Å². The zero-order chi connectivity index (χ0) is 33.7. The molecule has 1 fully saturated rings. The van der Waals surface area contributed by atoms with E-state index in [4.69, 9.17) is 9.72 Å². The molecule has 1 aliphatic rings. The van der Waals surface area contributed by atoms with Crippen molar-refractivity contribution in [1.82, 2.24) is 33.8 Å². The Morgan fingerprint density at radius 3 is 2.49 bits per heavy atom. The first-order chi connectivity index (χ1) is 22.2. The number of ether oxygens (including phenoxy) is 1. The highest BCUT2D eigenvalue weighted by Gasteiger charge is 2.27. The van der Waals surface area contributed by atoms with Crippen molar-refractivity contribution in [2.24, 2.45) is 7.05 Å². The number of hydrogen-bond acceptors (Lipinski definition) is 9. The van der Waals surface area contributed by atoms with Gasteiger partial charge in [0.05, 0.1) is 17.8 Å². The Hall–Kier alpha value is -5.17. The first kappa shape index (κ1) is 31.8. The van der Waals surface area contributed by atoms with Gasteiger partial charge >= 0.3 is 6.09 Å². The van der Waals surface area contributed by atoms with Crippen LogP contribution in [0.3, 0.4) is 0 Å². The van der Waals surface area contributed by atoms with Crippen LogP contribution < -0.4 is 15.8 Å². The van der Waals surface area contributed by atoms with Gasteiger partial charge in [-0.25, -0.2) is 24.1 Å². The van der Waals surface area contributed by atoms with Crippen LogP contribution in [0.5, 0.6) is 0 Å². The number of anilines is 3. The Morgan fingerprint density at radius 2 is 1.81 bits per heavy atom. The van der Waals surface area contributed by atoms with Crippen molar-refractivity contribution >= 4 is 45.4 Å². The van der Waals surface area contributed by atoms with Gasteiger partial charge in [0.1, 0.15) is 16.6 Å². The molecule has 246 valence electrons. The lowest BCUT2D eigenvalue weighted by Gasteiger charge is -2.37. The number of hydrogen-bond donors (Lipinski definition) is 2. The van der Waals surface area contributed by atoms with E-state index in [1.54, 1.807) is 47.7 Å². The van der Waals surface area contributed by atoms with Crippen LogP contribution in [0.4, 0.5) is 22.1 Å². The highest BCUT2D eigenvalue weighted by molar-refractivity contribution is 5.96. The maximum absolute atomic E-state index is 13.4. The van der Waals surface area contributed by atoms with Gasteiger partial charge in [-0.2, -0.15) is 4.98 Å². The van der Waals surface area contributed by atoms with Crippen molar-refractivity contribution in [3.8, 4) is 5.82 Å². The number of rotatable bonds is 7. The molecule has 0 bridgehead atoms. The average molecular weight is 640 g/mol. The molecule has 0 atom stereocenters. The molecule has 5 heterocycles. The first-order valence-corrected chi connectivity index (χ1v) is 15.6. The van der Waals surface area contributed by atoms with Crippen molar-refractivity contribution in [2.75, 3.05) is 36.4 Å². The summed E-state index contributed by atoms with van der Waals surface area (Å²) in [6, 6.07) is 11.5. The van der Waals surface area contributed by atoms with Gasteiger partial charge in [-0.1, -0.05) is 12.1 Å². The average Bonchev–Trinajstić information content (AvgIpc) is 3.52. The van der Waals surface area contributed by atoms with Crippen LogP contribution in [0.15, 0.2) is 66.2 Å². The number of aryl methyl sites for hydroxylation is 1. The molecule has 5 aromatic rings. The maximum atomic E-state index is 13.4. The number of amides is 1. The summed E-state index contributed by atoms with van der Waals surface area (Å²) in [6.07, 6.45) is 4.87. The Kier molecular flexibility index (Phi) is 8.04. The summed E-state index contributed by atoms with van der Waals surface area (Å²) >= 11 is 0. The molecule has 47 heavy (non-hydrogen) atoms. The number of nitrogens with one attached hydrogen (secondary N) is 1. The SMILES string of the molecule is C=CCn1c(=O)c2cnc(Nc3cc(N4CCN(C(=O)OC(C)(C)C)CC4)c4ccn(C)c4c3)nc2n1-c1cccc(C(C)(C)O)n1. The lowest BCUT2D eigenvalue weighted by molar-refractivity contribution is 0.0240. The molecule has 0 radical (unpaired) electrons. The smallest absolute Gasteiger partial charge is 0.410 e. The fraction of sp³-hybridized carbons (Fsp3) is 0.382. The van der Waals surface area contributed by atoms with Gasteiger partial charge in [0.2, 0.25) is 5.95 Å². The minimum Gasteiger partial charge on any atom is -0.444 e. The molecule has 13 nitrogen and oxygen atoms in total. The second-order valence-corrected chi connectivity index (χ2v) is 13.3. The van der Waals surface area contributed by atoms with E-state index in [9.17, 15) is 14.7 Å². The van der Waals surface area contributed by atoms with E-state index in [1.807, 2.05) is 40.1 Å². The zero-order valence-corrected chi connectivity index (χ0v) is 27.7. The Balaban J connectivity index is 1.36. The van der Waals surface area contributed by atoms with Gasteiger partial charge in [-0.15, -0.1) is 6.58 Å². The second-order valence-electron chi connectivity index (χ2n) is 13.3. The third-order valence-electron chi connectivity index (χ3n) is 8.07. The minimum absolute atomic E-state index is 0.223. The molecule has 4 aromatic heterocycles. The standard InChI is InChI=1S/C34H41N9O4/c1-8-13-42-30(44)24-21-35-31(38-29(24)43(42)28-11-9-10-27(37-28)34(5,6)46)36-22-19-25-23(12-14-39(25)7)26(20-22)40-15-17-41(18-16-40)32(45)47-33(2,3)4/h8-12,14,19-21,46H,1,13,15-18H2,2-7H3,(H,35,36,38). The number of aliphatic hydroxyl groups is 1. The van der Waals surface area contributed by atoms with Gasteiger partial charge in [0, 0.05) is 62.4 Å². The van der Waals surface area contributed by atoms with Crippen LogP contribution >= 0.6 is 0 Å². The number of piperazine rings is 1. The summed E-state index contributed by atoms with van der Waals surface area (Å²) in [5, 5.41) is 15.4. The Labute approximate surface area is 272 Å². The highest BCUT2D eigenvalue weighted by atomic mass is 16.6. The monoisotopic (exact) mass is 639 g/mol. The molecular weight excluding hydrogens is 598 g/mol. The fourth-order valence-corrected chi connectivity index (χ4v) is 5.76. The number of allylic oxidation sites excluding steroid dienone is 1. The Bertz CT molecular complexity index is 2040. The normalized spacial score (nSPS) is 14.2. The van der Waals surface area contributed by atoms with Gasteiger partial charge in [-0.05, 0) is 65.0 Å². The van der Waals surface area contributed by atoms with Gasteiger partial charge in [-0.3, -0.25) is 4.79 Å². The molecule has 1 saturated heterocycles. The van der Waals surface area contributed by atoms with Crippen LogP contribution in [0.2, 0.25) is 0 Å². The Morgan fingerprint density at radius 1 is 1.06 bits per heavy atom. The summed E-state index contributed by atoms with van der Waals surface area (Å²) in [7, 11) is 1.99. The summed E-state index contributed by atoms with van der Waals surface area (Å²) in [5.74, 6) is 0.733. The topological polar surface area (TPSA) is 136 Å². The fourth-order valence-electron chi connectivity index (χ4n) is 5.76. The van der Waals surface area contributed by atoms with E-state index in [0.29, 0.717) is 54.7 Å². The van der Waals surface area contributed by atoms with Gasteiger partial charge < -0.3 is 29.5 Å². The van der Waals surface area contributed by atoms with E-state index in [-0.39, 0.29) is 18.2 Å². The van der Waals surface area contributed by atoms with Crippen molar-refractivity contribution in [2.45, 2.75) is 52.4 Å². The number of carbonyl (C=O) groups is 1. The number of aromatic nitrogens is 6. The lowest BCUT2D eigenvalue weighted by Crippen LogP contribution is -2.50. The van der Waals surface area contributed by atoms with Crippen molar-refractivity contribution in [1.29, 1.82) is 0 Å². The van der Waals surface area contributed by atoms with Crippen LogP contribution in [-0.4, -0.2) is 76.8 Å².